The highest BCUT2D eigenvalue weighted by Gasteiger charge is 2.37. The highest BCUT2D eigenvalue weighted by molar-refractivity contribution is 7.07. The van der Waals surface area contributed by atoms with Gasteiger partial charge in [0.25, 0.3) is 0 Å². The third-order valence-electron chi connectivity index (χ3n) is 3.78. The van der Waals surface area contributed by atoms with Crippen LogP contribution in [-0.2, 0) is 16.1 Å². The van der Waals surface area contributed by atoms with Crippen LogP contribution in [0.15, 0.2) is 16.8 Å². The molecule has 2 aliphatic rings. The fourth-order valence-corrected chi connectivity index (χ4v) is 3.13. The summed E-state index contributed by atoms with van der Waals surface area (Å²) in [6.45, 7) is 1.46. The molecule has 1 aliphatic carbocycles. The van der Waals surface area contributed by atoms with E-state index in [2.05, 4.69) is 0 Å². The zero-order valence-corrected chi connectivity index (χ0v) is 12.4. The first-order valence-corrected chi connectivity index (χ1v) is 8.00. The Balaban J connectivity index is 1.67. The molecule has 2 amide bonds. The van der Waals surface area contributed by atoms with Crippen LogP contribution in [0.5, 0.6) is 0 Å². The number of hydrogen-bond donors (Lipinski definition) is 1. The van der Waals surface area contributed by atoms with E-state index in [-0.39, 0.29) is 19.2 Å². The van der Waals surface area contributed by atoms with Crippen molar-refractivity contribution >= 4 is 23.3 Å². The lowest BCUT2D eigenvalue weighted by Crippen LogP contribution is -2.53. The number of carboxylic acids is 1. The summed E-state index contributed by atoms with van der Waals surface area (Å²) in [6, 6.07) is 2.24. The second-order valence-corrected chi connectivity index (χ2v) is 6.20. The van der Waals surface area contributed by atoms with E-state index in [1.165, 1.54) is 0 Å². The van der Waals surface area contributed by atoms with Crippen molar-refractivity contribution in [3.8, 4) is 0 Å². The molecule has 1 atom stereocenters. The normalized spacial score (nSPS) is 22.1. The number of urea groups is 1. The van der Waals surface area contributed by atoms with Crippen LogP contribution in [0.25, 0.3) is 0 Å². The number of ether oxygens (including phenoxy) is 1. The predicted molar refractivity (Wildman–Crippen MR) is 77.2 cm³/mol. The Bertz CT molecular complexity index is 515. The number of aliphatic carboxylic acids is 1. The summed E-state index contributed by atoms with van der Waals surface area (Å²) in [4.78, 5) is 27.2. The first kappa shape index (κ1) is 14.3. The molecule has 1 aromatic heterocycles. The molecule has 1 saturated carbocycles. The SMILES string of the molecule is O=C(O)C1CN(C(=O)N(Cc2ccsc2)C2CC2)CCO1. The molecular weight excluding hydrogens is 292 g/mol. The number of carboxylic acid groups (broad SMARTS) is 1. The van der Waals surface area contributed by atoms with Gasteiger partial charge in [-0.1, -0.05) is 0 Å². The van der Waals surface area contributed by atoms with Crippen molar-refractivity contribution in [1.29, 1.82) is 0 Å². The summed E-state index contributed by atoms with van der Waals surface area (Å²) in [7, 11) is 0. The first-order chi connectivity index (χ1) is 10.1. The van der Waals surface area contributed by atoms with Gasteiger partial charge >= 0.3 is 12.0 Å². The van der Waals surface area contributed by atoms with E-state index < -0.39 is 12.1 Å². The average Bonchev–Trinajstić information content (AvgIpc) is 3.20. The van der Waals surface area contributed by atoms with Crippen molar-refractivity contribution < 1.29 is 19.4 Å². The Morgan fingerprint density at radius 3 is 2.90 bits per heavy atom. The van der Waals surface area contributed by atoms with Crippen molar-refractivity contribution in [3.63, 3.8) is 0 Å². The van der Waals surface area contributed by atoms with E-state index in [9.17, 15) is 9.59 Å². The molecule has 6 nitrogen and oxygen atoms in total. The lowest BCUT2D eigenvalue weighted by Gasteiger charge is -2.35. The van der Waals surface area contributed by atoms with E-state index in [1.807, 2.05) is 21.7 Å². The molecule has 1 aromatic rings. The largest absolute Gasteiger partial charge is 0.479 e. The average molecular weight is 310 g/mol. The minimum Gasteiger partial charge on any atom is -0.479 e. The fourth-order valence-electron chi connectivity index (χ4n) is 2.47. The highest BCUT2D eigenvalue weighted by atomic mass is 32.1. The zero-order valence-electron chi connectivity index (χ0n) is 11.6. The molecule has 2 heterocycles. The van der Waals surface area contributed by atoms with Gasteiger partial charge in [-0.15, -0.1) is 0 Å². The Labute approximate surface area is 126 Å². The maximum Gasteiger partial charge on any atom is 0.334 e. The number of hydrogen-bond acceptors (Lipinski definition) is 4. The quantitative estimate of drug-likeness (QED) is 0.917. The summed E-state index contributed by atoms with van der Waals surface area (Å²) in [5, 5.41) is 13.1. The molecule has 1 N–H and O–H groups in total. The summed E-state index contributed by atoms with van der Waals surface area (Å²) >= 11 is 1.62. The number of carbonyl (C=O) groups is 2. The molecule has 1 unspecified atom stereocenters. The Hall–Kier alpha value is -1.60. The minimum atomic E-state index is -1.01. The molecule has 0 radical (unpaired) electrons. The first-order valence-electron chi connectivity index (χ1n) is 7.06. The number of rotatable bonds is 4. The standard InChI is InChI=1S/C14H18N2O4S/c17-13(18)12-8-15(4-5-20-12)14(19)16(11-1-2-11)7-10-3-6-21-9-10/h3,6,9,11-12H,1-2,4-5,7-8H2,(H,17,18). The molecule has 0 spiro atoms. The summed E-state index contributed by atoms with van der Waals surface area (Å²) in [5.41, 5.74) is 1.13. The van der Waals surface area contributed by atoms with Gasteiger partial charge in [0.1, 0.15) is 0 Å². The maximum atomic E-state index is 12.7. The predicted octanol–water partition coefficient (Wildman–Crippen LogP) is 1.62. The molecule has 21 heavy (non-hydrogen) atoms. The van der Waals surface area contributed by atoms with Crippen LogP contribution in [0.2, 0.25) is 0 Å². The van der Waals surface area contributed by atoms with Gasteiger partial charge in [0, 0.05) is 19.1 Å². The van der Waals surface area contributed by atoms with Crippen LogP contribution >= 0.6 is 11.3 Å². The van der Waals surface area contributed by atoms with Crippen LogP contribution < -0.4 is 0 Å². The molecule has 7 heteroatoms. The van der Waals surface area contributed by atoms with Crippen molar-refractivity contribution in [1.82, 2.24) is 9.80 Å². The van der Waals surface area contributed by atoms with Crippen LogP contribution in [0, 0.1) is 0 Å². The minimum absolute atomic E-state index is 0.0711. The van der Waals surface area contributed by atoms with Gasteiger partial charge in [0.05, 0.1) is 13.2 Å². The second kappa shape index (κ2) is 6.03. The van der Waals surface area contributed by atoms with Crippen molar-refractivity contribution in [2.45, 2.75) is 31.5 Å². The number of nitrogens with zero attached hydrogens (tertiary/aromatic N) is 2. The van der Waals surface area contributed by atoms with E-state index in [1.54, 1.807) is 16.2 Å². The van der Waals surface area contributed by atoms with E-state index >= 15 is 0 Å². The third-order valence-corrected chi connectivity index (χ3v) is 4.51. The van der Waals surface area contributed by atoms with Crippen LogP contribution in [0.4, 0.5) is 4.79 Å². The monoisotopic (exact) mass is 310 g/mol. The van der Waals surface area contributed by atoms with Gasteiger partial charge in [-0.05, 0) is 35.2 Å². The van der Waals surface area contributed by atoms with Gasteiger partial charge < -0.3 is 19.6 Å². The number of morpholine rings is 1. The summed E-state index contributed by atoms with van der Waals surface area (Å²) < 4.78 is 5.17. The third kappa shape index (κ3) is 3.36. The summed E-state index contributed by atoms with van der Waals surface area (Å²) in [5.74, 6) is -1.01. The van der Waals surface area contributed by atoms with Crippen LogP contribution in [-0.4, -0.2) is 58.7 Å². The lowest BCUT2D eigenvalue weighted by atomic mass is 10.2. The van der Waals surface area contributed by atoms with E-state index in [4.69, 9.17) is 9.84 Å². The van der Waals surface area contributed by atoms with Crippen LogP contribution in [0.1, 0.15) is 18.4 Å². The van der Waals surface area contributed by atoms with Gasteiger partial charge in [-0.25, -0.2) is 9.59 Å². The van der Waals surface area contributed by atoms with Gasteiger partial charge in [-0.3, -0.25) is 0 Å². The van der Waals surface area contributed by atoms with Gasteiger partial charge in [0.15, 0.2) is 6.10 Å². The molecule has 0 aromatic carbocycles. The Morgan fingerprint density at radius 2 is 2.29 bits per heavy atom. The Kier molecular flexibility index (Phi) is 4.12. The molecule has 2 fully saturated rings. The zero-order chi connectivity index (χ0) is 14.8. The van der Waals surface area contributed by atoms with Crippen molar-refractivity contribution in [3.05, 3.63) is 22.4 Å². The molecule has 1 saturated heterocycles. The number of carbonyl (C=O) groups excluding carboxylic acids is 1. The second-order valence-electron chi connectivity index (χ2n) is 5.42. The molecule has 3 rings (SSSR count). The highest BCUT2D eigenvalue weighted by Crippen LogP contribution is 2.30. The molecular formula is C14H18N2O4S. The summed E-state index contributed by atoms with van der Waals surface area (Å²) in [6.07, 6.45) is 1.15. The smallest absolute Gasteiger partial charge is 0.334 e. The molecule has 0 bridgehead atoms. The molecule has 1 aliphatic heterocycles. The lowest BCUT2D eigenvalue weighted by molar-refractivity contribution is -0.154. The van der Waals surface area contributed by atoms with Crippen molar-refractivity contribution in [2.24, 2.45) is 0 Å². The van der Waals surface area contributed by atoms with E-state index in [0.29, 0.717) is 19.1 Å². The maximum absolute atomic E-state index is 12.7. The fraction of sp³-hybridized carbons (Fsp3) is 0.571. The number of thiophene rings is 1. The van der Waals surface area contributed by atoms with Gasteiger partial charge in [-0.2, -0.15) is 11.3 Å². The van der Waals surface area contributed by atoms with Gasteiger partial charge in [0.2, 0.25) is 0 Å². The number of amides is 2. The van der Waals surface area contributed by atoms with Crippen molar-refractivity contribution in [2.75, 3.05) is 19.7 Å². The van der Waals surface area contributed by atoms with E-state index in [0.717, 1.165) is 18.4 Å². The van der Waals surface area contributed by atoms with Crippen LogP contribution in [0.3, 0.4) is 0 Å². The molecule has 114 valence electrons. The Morgan fingerprint density at radius 1 is 1.48 bits per heavy atom. The topological polar surface area (TPSA) is 70.1 Å².